The van der Waals surface area contributed by atoms with E-state index < -0.39 is 0 Å². The molecule has 1 atom stereocenters. The van der Waals surface area contributed by atoms with E-state index in [-0.39, 0.29) is 10.7 Å². The molecule has 0 saturated heterocycles. The summed E-state index contributed by atoms with van der Waals surface area (Å²) in [4.78, 5) is 13.6. The van der Waals surface area contributed by atoms with Crippen molar-refractivity contribution in [3.8, 4) is 0 Å². The molecule has 1 amide bonds. The Morgan fingerprint density at radius 1 is 1.30 bits per heavy atom. The molecule has 0 bridgehead atoms. The minimum atomic E-state index is 0.116. The van der Waals surface area contributed by atoms with E-state index in [2.05, 4.69) is 66.0 Å². The van der Waals surface area contributed by atoms with E-state index in [0.29, 0.717) is 6.42 Å². The standard InChI is InChI=1S/C14H10Br3NOS/c1-18-10-3-2-7(4-8(10)5-12(18)19)13(16)9-6-11(15)20-14(9)17/h2-4,6,13H,5H2,1H3. The van der Waals surface area contributed by atoms with Gasteiger partial charge >= 0.3 is 0 Å². The van der Waals surface area contributed by atoms with Crippen molar-refractivity contribution >= 4 is 70.7 Å². The van der Waals surface area contributed by atoms with Crippen molar-refractivity contribution in [2.24, 2.45) is 0 Å². The predicted octanol–water partition coefficient (Wildman–Crippen LogP) is 5.28. The normalized spacial score (nSPS) is 15.6. The summed E-state index contributed by atoms with van der Waals surface area (Å²) in [7, 11) is 1.83. The van der Waals surface area contributed by atoms with Crippen LogP contribution in [0.2, 0.25) is 0 Å². The molecule has 0 N–H and O–H groups in total. The maximum atomic E-state index is 11.7. The van der Waals surface area contributed by atoms with Crippen LogP contribution in [0.3, 0.4) is 0 Å². The summed E-state index contributed by atoms with van der Waals surface area (Å²) in [6.45, 7) is 0. The number of halogens is 3. The Kier molecular flexibility index (Phi) is 4.10. The summed E-state index contributed by atoms with van der Waals surface area (Å²) < 4.78 is 2.21. The number of anilines is 1. The topological polar surface area (TPSA) is 20.3 Å². The molecule has 2 aromatic rings. The van der Waals surface area contributed by atoms with E-state index in [1.807, 2.05) is 13.1 Å². The van der Waals surface area contributed by atoms with Gasteiger partial charge in [-0.05, 0) is 60.7 Å². The van der Waals surface area contributed by atoms with Gasteiger partial charge in [-0.1, -0.05) is 28.1 Å². The third-order valence-corrected chi connectivity index (χ3v) is 6.84. The van der Waals surface area contributed by atoms with Gasteiger partial charge in [0.05, 0.1) is 18.8 Å². The van der Waals surface area contributed by atoms with Crippen LogP contribution in [0.1, 0.15) is 21.5 Å². The Hall–Kier alpha value is -0.170. The quantitative estimate of drug-likeness (QED) is 0.537. The van der Waals surface area contributed by atoms with Gasteiger partial charge in [0.1, 0.15) is 0 Å². The molecule has 0 fully saturated rings. The van der Waals surface area contributed by atoms with Crippen LogP contribution in [-0.4, -0.2) is 13.0 Å². The number of fused-ring (bicyclic) bond motifs is 1. The van der Waals surface area contributed by atoms with Gasteiger partial charge in [-0.15, -0.1) is 11.3 Å². The second kappa shape index (κ2) is 5.55. The van der Waals surface area contributed by atoms with Gasteiger partial charge < -0.3 is 4.90 Å². The van der Waals surface area contributed by atoms with Crippen molar-refractivity contribution in [1.29, 1.82) is 0 Å². The average Bonchev–Trinajstić information content (AvgIpc) is 2.89. The Labute approximate surface area is 146 Å². The van der Waals surface area contributed by atoms with Crippen LogP contribution in [0.4, 0.5) is 5.69 Å². The highest BCUT2D eigenvalue weighted by Gasteiger charge is 2.25. The second-order valence-electron chi connectivity index (χ2n) is 4.66. The van der Waals surface area contributed by atoms with Crippen LogP contribution < -0.4 is 4.90 Å². The average molecular weight is 480 g/mol. The highest BCUT2D eigenvalue weighted by molar-refractivity contribution is 9.12. The number of rotatable bonds is 2. The van der Waals surface area contributed by atoms with Gasteiger partial charge in [0.25, 0.3) is 0 Å². The van der Waals surface area contributed by atoms with Gasteiger partial charge in [0.15, 0.2) is 0 Å². The molecular weight excluding hydrogens is 470 g/mol. The van der Waals surface area contributed by atoms with Crippen LogP contribution >= 0.6 is 59.1 Å². The van der Waals surface area contributed by atoms with Gasteiger partial charge in [-0.25, -0.2) is 0 Å². The van der Waals surface area contributed by atoms with Crippen LogP contribution in [0, 0.1) is 0 Å². The van der Waals surface area contributed by atoms with E-state index in [4.69, 9.17) is 0 Å². The van der Waals surface area contributed by atoms with Crippen molar-refractivity contribution in [2.75, 3.05) is 11.9 Å². The molecule has 1 aliphatic rings. The van der Waals surface area contributed by atoms with E-state index in [0.717, 1.165) is 24.4 Å². The molecule has 1 aliphatic heterocycles. The van der Waals surface area contributed by atoms with Crippen molar-refractivity contribution in [1.82, 2.24) is 0 Å². The maximum absolute atomic E-state index is 11.7. The molecule has 2 nitrogen and oxygen atoms in total. The molecule has 104 valence electrons. The minimum Gasteiger partial charge on any atom is -0.315 e. The number of carbonyl (C=O) groups is 1. The number of amides is 1. The first kappa shape index (κ1) is 14.8. The third-order valence-electron chi connectivity index (χ3n) is 3.43. The highest BCUT2D eigenvalue weighted by atomic mass is 79.9. The van der Waals surface area contributed by atoms with Gasteiger partial charge in [-0.3, -0.25) is 4.79 Å². The second-order valence-corrected chi connectivity index (χ2v) is 9.32. The maximum Gasteiger partial charge on any atom is 0.231 e. The molecule has 6 heteroatoms. The number of thiophene rings is 1. The van der Waals surface area contributed by atoms with Gasteiger partial charge in [-0.2, -0.15) is 0 Å². The number of hydrogen-bond donors (Lipinski definition) is 0. The van der Waals surface area contributed by atoms with Crippen LogP contribution in [0.15, 0.2) is 31.8 Å². The molecule has 1 unspecified atom stereocenters. The molecule has 20 heavy (non-hydrogen) atoms. The lowest BCUT2D eigenvalue weighted by Crippen LogP contribution is -2.20. The molecule has 0 aliphatic carbocycles. The molecule has 0 spiro atoms. The van der Waals surface area contributed by atoms with E-state index in [1.54, 1.807) is 16.2 Å². The fraction of sp³-hybridized carbons (Fsp3) is 0.214. The number of hydrogen-bond acceptors (Lipinski definition) is 2. The highest BCUT2D eigenvalue weighted by Crippen LogP contribution is 2.43. The fourth-order valence-corrected chi connectivity index (χ4v) is 6.36. The lowest BCUT2D eigenvalue weighted by atomic mass is 10.0. The van der Waals surface area contributed by atoms with Crippen LogP contribution in [0.25, 0.3) is 0 Å². The van der Waals surface area contributed by atoms with Gasteiger partial charge in [0.2, 0.25) is 5.91 Å². The molecule has 1 aromatic carbocycles. The predicted molar refractivity (Wildman–Crippen MR) is 94.0 cm³/mol. The first-order chi connectivity index (χ1) is 9.47. The lowest BCUT2D eigenvalue weighted by Gasteiger charge is -2.13. The summed E-state index contributed by atoms with van der Waals surface area (Å²) >= 11 is 12.5. The van der Waals surface area contributed by atoms with Crippen molar-refractivity contribution in [3.63, 3.8) is 0 Å². The Bertz CT molecular complexity index is 698. The van der Waals surface area contributed by atoms with Crippen LogP contribution in [0.5, 0.6) is 0 Å². The number of carbonyl (C=O) groups excluding carboxylic acids is 1. The first-order valence-electron chi connectivity index (χ1n) is 5.95. The van der Waals surface area contributed by atoms with Gasteiger partial charge in [0, 0.05) is 12.7 Å². The smallest absolute Gasteiger partial charge is 0.231 e. The monoisotopic (exact) mass is 477 g/mol. The zero-order valence-corrected chi connectivity index (χ0v) is 16.1. The van der Waals surface area contributed by atoms with Crippen molar-refractivity contribution < 1.29 is 4.79 Å². The van der Waals surface area contributed by atoms with E-state index in [9.17, 15) is 4.79 Å². The molecule has 3 rings (SSSR count). The summed E-state index contributed by atoms with van der Waals surface area (Å²) in [5.74, 6) is 0.155. The van der Waals surface area contributed by atoms with Crippen LogP contribution in [-0.2, 0) is 11.2 Å². The number of benzene rings is 1. The SMILES string of the molecule is CN1C(=O)Cc2cc(C(Br)c3cc(Br)sc3Br)ccc21. The third kappa shape index (κ3) is 2.51. The summed E-state index contributed by atoms with van der Waals surface area (Å²) in [5, 5.41) is 0. The largest absolute Gasteiger partial charge is 0.315 e. The van der Waals surface area contributed by atoms with Crippen molar-refractivity contribution in [2.45, 2.75) is 11.2 Å². The molecule has 2 heterocycles. The summed E-state index contributed by atoms with van der Waals surface area (Å²) in [5.41, 5.74) is 4.48. The lowest BCUT2D eigenvalue weighted by molar-refractivity contribution is -0.117. The van der Waals surface area contributed by atoms with Crippen molar-refractivity contribution in [3.05, 3.63) is 48.5 Å². The zero-order chi connectivity index (χ0) is 14.4. The zero-order valence-electron chi connectivity index (χ0n) is 10.5. The first-order valence-corrected chi connectivity index (χ1v) is 9.27. The number of likely N-dealkylation sites (N-methyl/N-ethyl adjacent to an activating group) is 1. The molecule has 1 aromatic heterocycles. The van der Waals surface area contributed by atoms with E-state index in [1.165, 1.54) is 5.56 Å². The van der Waals surface area contributed by atoms with E-state index >= 15 is 0 Å². The molecule has 0 saturated carbocycles. The fourth-order valence-electron chi connectivity index (χ4n) is 2.35. The molecule has 0 radical (unpaired) electrons. The summed E-state index contributed by atoms with van der Waals surface area (Å²) in [6.07, 6.45) is 0.494. The minimum absolute atomic E-state index is 0.116. The Morgan fingerprint density at radius 3 is 2.70 bits per heavy atom. The number of nitrogens with zero attached hydrogens (tertiary/aromatic N) is 1. The Balaban J connectivity index is 1.98. The molecular formula is C14H10Br3NOS. The number of alkyl halides is 1. The summed E-state index contributed by atoms with van der Waals surface area (Å²) in [6, 6.07) is 8.33. The Morgan fingerprint density at radius 2 is 2.05 bits per heavy atom.